The van der Waals surface area contributed by atoms with E-state index in [1.807, 2.05) is 18.2 Å². The molecule has 1 aromatic rings. The predicted molar refractivity (Wildman–Crippen MR) is 82.7 cm³/mol. The van der Waals surface area contributed by atoms with Gasteiger partial charge in [-0.25, -0.2) is 14.5 Å². The minimum Gasteiger partial charge on any atom is -0.480 e. The Kier molecular flexibility index (Phi) is 4.32. The van der Waals surface area contributed by atoms with E-state index >= 15 is 0 Å². The highest BCUT2D eigenvalue weighted by atomic mass is 16.4. The van der Waals surface area contributed by atoms with Crippen molar-refractivity contribution >= 4 is 17.9 Å². The van der Waals surface area contributed by atoms with Crippen LogP contribution >= 0.6 is 0 Å². The van der Waals surface area contributed by atoms with Crippen molar-refractivity contribution in [3.8, 4) is 0 Å². The summed E-state index contributed by atoms with van der Waals surface area (Å²) in [7, 11) is 0. The molecule has 2 N–H and O–H groups in total. The summed E-state index contributed by atoms with van der Waals surface area (Å²) in [6.45, 7) is 0. The van der Waals surface area contributed by atoms with Gasteiger partial charge in [-0.2, -0.15) is 0 Å². The summed E-state index contributed by atoms with van der Waals surface area (Å²) < 4.78 is 0. The van der Waals surface area contributed by atoms with Gasteiger partial charge in [0.05, 0.1) is 5.92 Å². The van der Waals surface area contributed by atoms with Gasteiger partial charge in [-0.05, 0) is 18.4 Å². The summed E-state index contributed by atoms with van der Waals surface area (Å²) in [4.78, 5) is 37.6. The molecule has 23 heavy (non-hydrogen) atoms. The number of rotatable bonds is 4. The number of nitrogens with one attached hydrogen (secondary N) is 1. The maximum absolute atomic E-state index is 12.7. The van der Waals surface area contributed by atoms with Gasteiger partial charge in [0.2, 0.25) is 5.91 Å². The number of benzene rings is 1. The van der Waals surface area contributed by atoms with E-state index in [0.717, 1.165) is 29.7 Å². The van der Waals surface area contributed by atoms with E-state index in [1.54, 1.807) is 12.1 Å². The molecule has 0 aromatic heterocycles. The number of fused-ring (bicyclic) bond motifs is 1. The monoisotopic (exact) mass is 316 g/mol. The number of hydrogen-bond acceptors (Lipinski definition) is 3. The first-order valence-electron chi connectivity index (χ1n) is 7.98. The molecule has 2 aliphatic rings. The van der Waals surface area contributed by atoms with Gasteiger partial charge in [0.15, 0.2) is 0 Å². The van der Waals surface area contributed by atoms with E-state index in [9.17, 15) is 19.5 Å². The van der Waals surface area contributed by atoms with Crippen LogP contribution in [0.1, 0.15) is 31.2 Å². The van der Waals surface area contributed by atoms with Crippen LogP contribution in [0.15, 0.2) is 30.3 Å². The van der Waals surface area contributed by atoms with Crippen LogP contribution in [0.3, 0.4) is 0 Å². The summed E-state index contributed by atoms with van der Waals surface area (Å²) in [6, 6.07) is 7.15. The van der Waals surface area contributed by atoms with E-state index < -0.39 is 18.0 Å². The van der Waals surface area contributed by atoms with E-state index in [2.05, 4.69) is 5.32 Å². The fraction of sp³-hybridized carbons (Fsp3) is 0.471. The van der Waals surface area contributed by atoms with Crippen LogP contribution < -0.4 is 5.32 Å². The average Bonchev–Trinajstić information content (AvgIpc) is 2.54. The zero-order valence-electron chi connectivity index (χ0n) is 12.8. The zero-order valence-corrected chi connectivity index (χ0v) is 12.8. The van der Waals surface area contributed by atoms with Crippen molar-refractivity contribution in [3.63, 3.8) is 0 Å². The van der Waals surface area contributed by atoms with Gasteiger partial charge in [-0.1, -0.05) is 43.2 Å². The lowest BCUT2D eigenvalue weighted by atomic mass is 9.82. The molecule has 1 saturated heterocycles. The Bertz CT molecular complexity index is 616. The molecule has 3 rings (SSSR count). The number of carbonyl (C=O) groups is 3. The molecule has 1 heterocycles. The van der Waals surface area contributed by atoms with Crippen LogP contribution in [0.2, 0.25) is 0 Å². The quantitative estimate of drug-likeness (QED) is 0.886. The zero-order chi connectivity index (χ0) is 16.4. The molecule has 0 spiro atoms. The molecule has 6 nitrogen and oxygen atoms in total. The number of aliphatic carboxylic acids is 1. The first-order chi connectivity index (χ1) is 11.1. The lowest BCUT2D eigenvalue weighted by molar-refractivity contribution is -0.151. The van der Waals surface area contributed by atoms with Crippen LogP contribution in [-0.2, 0) is 16.0 Å². The Morgan fingerprint density at radius 2 is 1.91 bits per heavy atom. The Morgan fingerprint density at radius 1 is 1.22 bits per heavy atom. The standard InChI is InChI=1S/C17H20N2O4/c20-15-12-8-4-5-9-13(12)18-17(23)19(15)14(16(21)22)10-11-6-2-1-3-7-11/h1-3,6-7,12-14H,4-5,8-10H2,(H,18,23)(H,21,22). The second-order valence-electron chi connectivity index (χ2n) is 6.20. The minimum absolute atomic E-state index is 0.118. The smallest absolute Gasteiger partial charge is 0.327 e. The second-order valence-corrected chi connectivity index (χ2v) is 6.20. The Hall–Kier alpha value is -2.37. The second kappa shape index (κ2) is 6.40. The number of carboxylic acids is 1. The van der Waals surface area contributed by atoms with Crippen LogP contribution in [0.5, 0.6) is 0 Å². The molecule has 2 fully saturated rings. The number of carbonyl (C=O) groups excluding carboxylic acids is 2. The van der Waals surface area contributed by atoms with Crippen molar-refractivity contribution in [2.45, 2.75) is 44.2 Å². The molecule has 1 aromatic carbocycles. The molecule has 122 valence electrons. The molecule has 3 unspecified atom stereocenters. The molecule has 0 bridgehead atoms. The first-order valence-corrected chi connectivity index (χ1v) is 7.98. The third-order valence-electron chi connectivity index (χ3n) is 4.72. The van der Waals surface area contributed by atoms with Gasteiger partial charge in [-0.3, -0.25) is 4.79 Å². The Labute approximate surface area is 134 Å². The molecular formula is C17H20N2O4. The predicted octanol–water partition coefficient (Wildman–Crippen LogP) is 1.79. The van der Waals surface area contributed by atoms with Gasteiger partial charge in [0.1, 0.15) is 6.04 Å². The van der Waals surface area contributed by atoms with E-state index in [1.165, 1.54) is 0 Å². The van der Waals surface area contributed by atoms with E-state index in [0.29, 0.717) is 6.42 Å². The third-order valence-corrected chi connectivity index (χ3v) is 4.72. The van der Waals surface area contributed by atoms with Crippen molar-refractivity contribution < 1.29 is 19.5 Å². The lowest BCUT2D eigenvalue weighted by Gasteiger charge is -2.41. The number of imide groups is 1. The van der Waals surface area contributed by atoms with Gasteiger partial charge < -0.3 is 10.4 Å². The van der Waals surface area contributed by atoms with Crippen molar-refractivity contribution in [2.24, 2.45) is 5.92 Å². The fourth-order valence-corrected chi connectivity index (χ4v) is 3.53. The van der Waals surface area contributed by atoms with Crippen LogP contribution in [0.4, 0.5) is 4.79 Å². The van der Waals surface area contributed by atoms with Crippen molar-refractivity contribution in [1.29, 1.82) is 0 Å². The van der Waals surface area contributed by atoms with Crippen LogP contribution in [-0.4, -0.2) is 40.0 Å². The highest BCUT2D eigenvalue weighted by Crippen LogP contribution is 2.30. The number of hydrogen-bond donors (Lipinski definition) is 2. The molecule has 3 amide bonds. The van der Waals surface area contributed by atoms with Gasteiger partial charge in [0.25, 0.3) is 0 Å². The van der Waals surface area contributed by atoms with Crippen LogP contribution in [0, 0.1) is 5.92 Å². The minimum atomic E-state index is -1.17. The SMILES string of the molecule is O=C(O)C(Cc1ccccc1)N1C(=O)NC2CCCCC2C1=O. The van der Waals surface area contributed by atoms with E-state index in [4.69, 9.17) is 0 Å². The number of amides is 3. The largest absolute Gasteiger partial charge is 0.480 e. The maximum atomic E-state index is 12.7. The molecule has 1 aliphatic carbocycles. The molecule has 3 atom stereocenters. The first kappa shape index (κ1) is 15.5. The molecule has 1 saturated carbocycles. The summed E-state index contributed by atoms with van der Waals surface area (Å²) in [5.74, 6) is -1.80. The summed E-state index contributed by atoms with van der Waals surface area (Å²) in [6.07, 6.45) is 3.53. The average molecular weight is 316 g/mol. The van der Waals surface area contributed by atoms with Crippen LogP contribution in [0.25, 0.3) is 0 Å². The van der Waals surface area contributed by atoms with Crippen molar-refractivity contribution in [1.82, 2.24) is 10.2 Å². The summed E-state index contributed by atoms with van der Waals surface area (Å²) in [5.41, 5.74) is 0.784. The van der Waals surface area contributed by atoms with E-state index in [-0.39, 0.29) is 24.3 Å². The highest BCUT2D eigenvalue weighted by molar-refractivity contribution is 6.02. The normalized spacial score (nSPS) is 25.5. The van der Waals surface area contributed by atoms with Gasteiger partial charge in [-0.15, -0.1) is 0 Å². The Balaban J connectivity index is 1.84. The number of urea groups is 1. The summed E-state index contributed by atoms with van der Waals surface area (Å²) >= 11 is 0. The molecule has 1 aliphatic heterocycles. The highest BCUT2D eigenvalue weighted by Gasteiger charge is 2.46. The molecule has 6 heteroatoms. The lowest BCUT2D eigenvalue weighted by Crippen LogP contribution is -2.64. The fourth-order valence-electron chi connectivity index (χ4n) is 3.53. The van der Waals surface area contributed by atoms with Gasteiger partial charge in [0, 0.05) is 12.5 Å². The number of nitrogens with zero attached hydrogens (tertiary/aromatic N) is 1. The molecule has 0 radical (unpaired) electrons. The topological polar surface area (TPSA) is 86.7 Å². The van der Waals surface area contributed by atoms with Crippen molar-refractivity contribution in [3.05, 3.63) is 35.9 Å². The number of carboxylic acid groups (broad SMARTS) is 1. The molecular weight excluding hydrogens is 296 g/mol. The van der Waals surface area contributed by atoms with Gasteiger partial charge >= 0.3 is 12.0 Å². The Morgan fingerprint density at radius 3 is 2.61 bits per heavy atom. The van der Waals surface area contributed by atoms with Crippen molar-refractivity contribution in [2.75, 3.05) is 0 Å². The third kappa shape index (κ3) is 3.06. The summed E-state index contributed by atoms with van der Waals surface area (Å²) in [5, 5.41) is 12.4. The maximum Gasteiger partial charge on any atom is 0.327 e.